The number of nitrogens with zero attached hydrogens (tertiary/aromatic N) is 1. The fourth-order valence-corrected chi connectivity index (χ4v) is 3.56. The van der Waals surface area contributed by atoms with Crippen LogP contribution in [0.25, 0.3) is 0 Å². The molecule has 1 aromatic carbocycles. The minimum atomic E-state index is 0.0314. The average molecular weight is 332 g/mol. The molecule has 5 nitrogen and oxygen atoms in total. The van der Waals surface area contributed by atoms with Gasteiger partial charge in [-0.2, -0.15) is 0 Å². The van der Waals surface area contributed by atoms with E-state index in [4.69, 9.17) is 9.47 Å². The Morgan fingerprint density at radius 1 is 1.29 bits per heavy atom. The van der Waals surface area contributed by atoms with Crippen molar-refractivity contribution in [2.45, 2.75) is 38.6 Å². The van der Waals surface area contributed by atoms with E-state index in [1.807, 2.05) is 35.2 Å². The maximum Gasteiger partial charge on any atom is 0.317 e. The zero-order valence-corrected chi connectivity index (χ0v) is 14.5. The lowest BCUT2D eigenvalue weighted by Crippen LogP contribution is -2.46. The summed E-state index contributed by atoms with van der Waals surface area (Å²) < 4.78 is 11.3. The number of ether oxygens (including phenoxy) is 2. The van der Waals surface area contributed by atoms with Crippen LogP contribution in [0.15, 0.2) is 30.3 Å². The molecule has 1 aromatic rings. The summed E-state index contributed by atoms with van der Waals surface area (Å²) in [5, 5.41) is 3.13. The molecule has 0 unspecified atom stereocenters. The summed E-state index contributed by atoms with van der Waals surface area (Å²) in [4.78, 5) is 14.5. The van der Waals surface area contributed by atoms with Gasteiger partial charge in [-0.3, -0.25) is 0 Å². The largest absolute Gasteiger partial charge is 0.491 e. The Labute approximate surface area is 144 Å². The predicted molar refractivity (Wildman–Crippen MR) is 93.2 cm³/mol. The number of hydrogen-bond donors (Lipinski definition) is 1. The van der Waals surface area contributed by atoms with Crippen LogP contribution in [-0.4, -0.2) is 49.9 Å². The molecule has 3 rings (SSSR count). The third kappa shape index (κ3) is 4.20. The molecule has 2 aliphatic heterocycles. The lowest BCUT2D eigenvalue weighted by Gasteiger charge is -2.33. The standard InChI is InChI=1S/C19H28N2O3/c1-2-16(14-24-17-6-4-3-5-7-17)20-18(22)21-11-8-19(15-21)9-12-23-13-10-19/h3-7,16H,2,8-15H2,1H3,(H,20,22)/t16-/m0/s1. The van der Waals surface area contributed by atoms with Crippen LogP contribution in [-0.2, 0) is 4.74 Å². The van der Waals surface area contributed by atoms with Crippen LogP contribution in [0.5, 0.6) is 5.75 Å². The Hall–Kier alpha value is -1.75. The highest BCUT2D eigenvalue weighted by Crippen LogP contribution is 2.39. The van der Waals surface area contributed by atoms with Gasteiger partial charge in [0.2, 0.25) is 0 Å². The maximum absolute atomic E-state index is 12.6. The first kappa shape index (κ1) is 17.1. The van der Waals surface area contributed by atoms with E-state index in [0.29, 0.717) is 6.61 Å². The first-order chi connectivity index (χ1) is 11.7. The van der Waals surface area contributed by atoms with Crippen molar-refractivity contribution in [1.82, 2.24) is 10.2 Å². The average Bonchev–Trinajstić information content (AvgIpc) is 3.03. The number of urea groups is 1. The van der Waals surface area contributed by atoms with E-state index in [2.05, 4.69) is 12.2 Å². The molecule has 0 aromatic heterocycles. The van der Waals surface area contributed by atoms with E-state index < -0.39 is 0 Å². The second-order valence-corrected chi connectivity index (χ2v) is 6.96. The number of amides is 2. The number of benzene rings is 1. The summed E-state index contributed by atoms with van der Waals surface area (Å²) in [5.74, 6) is 0.840. The summed E-state index contributed by atoms with van der Waals surface area (Å²) in [5.41, 5.74) is 0.290. The van der Waals surface area contributed by atoms with Gasteiger partial charge in [-0.1, -0.05) is 25.1 Å². The van der Waals surface area contributed by atoms with Gasteiger partial charge in [-0.25, -0.2) is 4.79 Å². The molecule has 2 fully saturated rings. The summed E-state index contributed by atoms with van der Waals surface area (Å²) in [6.45, 7) is 5.94. The molecule has 132 valence electrons. The van der Waals surface area contributed by atoms with Crippen LogP contribution < -0.4 is 10.1 Å². The molecule has 0 radical (unpaired) electrons. The van der Waals surface area contributed by atoms with E-state index in [1.165, 1.54) is 0 Å². The molecule has 1 atom stereocenters. The fourth-order valence-electron chi connectivity index (χ4n) is 3.56. The van der Waals surface area contributed by atoms with Crippen molar-refractivity contribution in [2.75, 3.05) is 32.9 Å². The van der Waals surface area contributed by atoms with Gasteiger partial charge in [0.05, 0.1) is 6.04 Å². The lowest BCUT2D eigenvalue weighted by molar-refractivity contribution is 0.0208. The highest BCUT2D eigenvalue weighted by atomic mass is 16.5. The van der Waals surface area contributed by atoms with Gasteiger partial charge in [0, 0.05) is 26.3 Å². The molecule has 2 amide bonds. The maximum atomic E-state index is 12.6. The van der Waals surface area contributed by atoms with E-state index >= 15 is 0 Å². The number of rotatable bonds is 5. The molecule has 1 spiro atoms. The zero-order chi connectivity index (χ0) is 16.8. The monoisotopic (exact) mass is 332 g/mol. The SMILES string of the molecule is CC[C@@H](COc1ccccc1)NC(=O)N1CCC2(CCOCC2)C1. The highest BCUT2D eigenvalue weighted by molar-refractivity contribution is 5.75. The number of para-hydroxylation sites is 1. The van der Waals surface area contributed by atoms with Crippen molar-refractivity contribution < 1.29 is 14.3 Å². The molecule has 2 heterocycles. The van der Waals surface area contributed by atoms with Gasteiger partial charge in [0.25, 0.3) is 0 Å². The Balaban J connectivity index is 1.48. The van der Waals surface area contributed by atoms with Crippen molar-refractivity contribution in [3.63, 3.8) is 0 Å². The quantitative estimate of drug-likeness (QED) is 0.901. The van der Waals surface area contributed by atoms with Gasteiger partial charge in [0.1, 0.15) is 12.4 Å². The van der Waals surface area contributed by atoms with Gasteiger partial charge in [-0.15, -0.1) is 0 Å². The van der Waals surface area contributed by atoms with Gasteiger partial charge >= 0.3 is 6.03 Å². The molecule has 0 saturated carbocycles. The molecule has 1 N–H and O–H groups in total. The molecule has 24 heavy (non-hydrogen) atoms. The van der Waals surface area contributed by atoms with Crippen molar-refractivity contribution in [1.29, 1.82) is 0 Å². The Morgan fingerprint density at radius 2 is 2.04 bits per heavy atom. The van der Waals surface area contributed by atoms with Gasteiger partial charge in [-0.05, 0) is 43.2 Å². The first-order valence-corrected chi connectivity index (χ1v) is 9.02. The fraction of sp³-hybridized carbons (Fsp3) is 0.632. The van der Waals surface area contributed by atoms with Crippen molar-refractivity contribution in [2.24, 2.45) is 5.41 Å². The molecule has 2 saturated heterocycles. The number of nitrogens with one attached hydrogen (secondary N) is 1. The second-order valence-electron chi connectivity index (χ2n) is 6.96. The predicted octanol–water partition coefficient (Wildman–Crippen LogP) is 3.06. The zero-order valence-electron chi connectivity index (χ0n) is 14.5. The van der Waals surface area contributed by atoms with Crippen molar-refractivity contribution in [3.8, 4) is 5.75 Å². The normalized spacial score (nSPS) is 20.8. The van der Waals surface area contributed by atoms with Gasteiger partial charge < -0.3 is 19.7 Å². The minimum Gasteiger partial charge on any atom is -0.491 e. The van der Waals surface area contributed by atoms with Gasteiger partial charge in [0.15, 0.2) is 0 Å². The van der Waals surface area contributed by atoms with Crippen molar-refractivity contribution >= 4 is 6.03 Å². The van der Waals surface area contributed by atoms with Crippen LogP contribution >= 0.6 is 0 Å². The molecule has 0 bridgehead atoms. The Kier molecular flexibility index (Phi) is 5.61. The molecule has 0 aliphatic carbocycles. The number of likely N-dealkylation sites (tertiary alicyclic amines) is 1. The van der Waals surface area contributed by atoms with E-state index in [0.717, 1.165) is 57.7 Å². The van der Waals surface area contributed by atoms with E-state index in [9.17, 15) is 4.79 Å². The van der Waals surface area contributed by atoms with Crippen LogP contribution in [0.3, 0.4) is 0 Å². The van der Waals surface area contributed by atoms with Crippen molar-refractivity contribution in [3.05, 3.63) is 30.3 Å². The second kappa shape index (κ2) is 7.88. The molecular weight excluding hydrogens is 304 g/mol. The third-order valence-corrected chi connectivity index (χ3v) is 5.29. The number of carbonyl (C=O) groups is 1. The Morgan fingerprint density at radius 3 is 2.75 bits per heavy atom. The van der Waals surface area contributed by atoms with Crippen LogP contribution in [0.1, 0.15) is 32.6 Å². The van der Waals surface area contributed by atoms with Crippen LogP contribution in [0.2, 0.25) is 0 Å². The van der Waals surface area contributed by atoms with Crippen LogP contribution in [0, 0.1) is 5.41 Å². The summed E-state index contributed by atoms with van der Waals surface area (Å²) in [7, 11) is 0. The number of carbonyl (C=O) groups excluding carboxylic acids is 1. The highest BCUT2D eigenvalue weighted by Gasteiger charge is 2.41. The Bertz CT molecular complexity index is 529. The molecule has 5 heteroatoms. The van der Waals surface area contributed by atoms with E-state index in [-0.39, 0.29) is 17.5 Å². The smallest absolute Gasteiger partial charge is 0.317 e. The summed E-state index contributed by atoms with van der Waals surface area (Å²) in [6.07, 6.45) is 4.10. The summed E-state index contributed by atoms with van der Waals surface area (Å²) in [6, 6.07) is 9.81. The molecular formula is C19H28N2O3. The topological polar surface area (TPSA) is 50.8 Å². The lowest BCUT2D eigenvalue weighted by atomic mass is 9.80. The number of hydrogen-bond acceptors (Lipinski definition) is 3. The summed E-state index contributed by atoms with van der Waals surface area (Å²) >= 11 is 0. The first-order valence-electron chi connectivity index (χ1n) is 9.02. The minimum absolute atomic E-state index is 0.0314. The third-order valence-electron chi connectivity index (χ3n) is 5.29. The van der Waals surface area contributed by atoms with E-state index in [1.54, 1.807) is 0 Å². The van der Waals surface area contributed by atoms with Crippen LogP contribution in [0.4, 0.5) is 4.79 Å². The molecule has 2 aliphatic rings.